The number of hydrogen-bond donors (Lipinski definition) is 1. The maximum Gasteiger partial charge on any atom is 0.187 e. The molecule has 1 aromatic rings. The molecule has 0 aromatic heterocycles. The lowest BCUT2D eigenvalue weighted by Gasteiger charge is -2.00. The minimum atomic E-state index is 1.13. The Labute approximate surface area is 72.5 Å². The lowest BCUT2D eigenvalue weighted by molar-refractivity contribution is -0.375. The van der Waals surface area contributed by atoms with Crippen molar-refractivity contribution in [3.05, 3.63) is 48.2 Å². The van der Waals surface area contributed by atoms with E-state index in [1.54, 1.807) is 0 Å². The topological polar surface area (TPSA) is 14.0 Å². The molecule has 0 radical (unpaired) electrons. The van der Waals surface area contributed by atoms with E-state index in [2.05, 4.69) is 35.3 Å². The van der Waals surface area contributed by atoms with Crippen LogP contribution < -0.4 is 4.99 Å². The molecule has 1 aliphatic heterocycles. The molecular formula is C11H12N+. The van der Waals surface area contributed by atoms with Crippen molar-refractivity contribution in [1.29, 1.82) is 0 Å². The van der Waals surface area contributed by atoms with Crippen molar-refractivity contribution < 1.29 is 4.99 Å². The molecule has 1 nitrogen and oxygen atoms in total. The Kier molecular flexibility index (Phi) is 2.04. The van der Waals surface area contributed by atoms with Crippen molar-refractivity contribution in [3.8, 4) is 0 Å². The van der Waals surface area contributed by atoms with Gasteiger partial charge >= 0.3 is 0 Å². The molecule has 0 fully saturated rings. The van der Waals surface area contributed by atoms with Gasteiger partial charge in [-0.15, -0.1) is 0 Å². The zero-order chi connectivity index (χ0) is 8.23. The first-order valence-electron chi connectivity index (χ1n) is 4.29. The van der Waals surface area contributed by atoms with Crippen LogP contribution in [0.4, 0.5) is 0 Å². The zero-order valence-corrected chi connectivity index (χ0v) is 6.96. The summed E-state index contributed by atoms with van der Waals surface area (Å²) in [4.78, 5) is 3.27. The van der Waals surface area contributed by atoms with E-state index < -0.39 is 0 Å². The SMILES string of the molecule is C1=C[NH+]=C(c2ccccc2)CC1. The highest BCUT2D eigenvalue weighted by molar-refractivity contribution is 5.96. The zero-order valence-electron chi connectivity index (χ0n) is 6.96. The van der Waals surface area contributed by atoms with E-state index in [1.165, 1.54) is 11.3 Å². The van der Waals surface area contributed by atoms with Crippen LogP contribution in [0.5, 0.6) is 0 Å². The quantitative estimate of drug-likeness (QED) is 0.623. The van der Waals surface area contributed by atoms with Crippen LogP contribution in [-0.4, -0.2) is 5.71 Å². The molecule has 0 atom stereocenters. The average molecular weight is 158 g/mol. The normalized spacial score (nSPS) is 15.8. The van der Waals surface area contributed by atoms with Crippen LogP contribution >= 0.6 is 0 Å². The predicted octanol–water partition coefficient (Wildman–Crippen LogP) is 0.864. The number of rotatable bonds is 1. The van der Waals surface area contributed by atoms with Gasteiger partial charge in [-0.3, -0.25) is 0 Å². The molecule has 0 unspecified atom stereocenters. The Morgan fingerprint density at radius 3 is 2.58 bits per heavy atom. The van der Waals surface area contributed by atoms with Crippen molar-refractivity contribution in [2.24, 2.45) is 0 Å². The van der Waals surface area contributed by atoms with Crippen LogP contribution in [0, 0.1) is 0 Å². The fraction of sp³-hybridized carbons (Fsp3) is 0.182. The van der Waals surface area contributed by atoms with Gasteiger partial charge in [-0.25, -0.2) is 4.99 Å². The van der Waals surface area contributed by atoms with Gasteiger partial charge in [0.15, 0.2) is 11.9 Å². The first-order chi connectivity index (χ1) is 5.97. The van der Waals surface area contributed by atoms with Crippen molar-refractivity contribution in [3.63, 3.8) is 0 Å². The van der Waals surface area contributed by atoms with Crippen LogP contribution in [0.3, 0.4) is 0 Å². The molecule has 2 rings (SSSR count). The van der Waals surface area contributed by atoms with Gasteiger partial charge in [0.1, 0.15) is 0 Å². The first kappa shape index (κ1) is 7.29. The molecule has 1 aromatic carbocycles. The maximum atomic E-state index is 3.27. The molecular weight excluding hydrogens is 146 g/mol. The molecule has 1 heterocycles. The van der Waals surface area contributed by atoms with Gasteiger partial charge in [-0.1, -0.05) is 18.2 Å². The molecule has 60 valence electrons. The summed E-state index contributed by atoms with van der Waals surface area (Å²) in [6.45, 7) is 0. The fourth-order valence-corrected chi connectivity index (χ4v) is 1.41. The largest absolute Gasteiger partial charge is 0.215 e. The molecule has 0 saturated heterocycles. The van der Waals surface area contributed by atoms with Gasteiger partial charge in [0.05, 0.1) is 0 Å². The van der Waals surface area contributed by atoms with Gasteiger partial charge in [-0.2, -0.15) is 0 Å². The van der Waals surface area contributed by atoms with E-state index in [0.717, 1.165) is 12.8 Å². The Balaban J connectivity index is 2.31. The van der Waals surface area contributed by atoms with E-state index in [1.807, 2.05) is 12.3 Å². The second kappa shape index (κ2) is 3.35. The molecule has 12 heavy (non-hydrogen) atoms. The molecule has 0 saturated carbocycles. The summed E-state index contributed by atoms with van der Waals surface area (Å²) in [6, 6.07) is 10.5. The lowest BCUT2D eigenvalue weighted by Crippen LogP contribution is -2.67. The number of hydrogen-bond acceptors (Lipinski definition) is 0. The standard InChI is InChI=1S/C11H11N/c1-2-6-10(7-3-1)11-8-4-5-9-12-11/h1-3,5-7,9H,4,8H2/p+1. The van der Waals surface area contributed by atoms with E-state index >= 15 is 0 Å². The van der Waals surface area contributed by atoms with Crippen LogP contribution in [-0.2, 0) is 0 Å². The Hall–Kier alpha value is -1.37. The van der Waals surface area contributed by atoms with Crippen LogP contribution in [0.1, 0.15) is 18.4 Å². The summed E-state index contributed by atoms with van der Waals surface area (Å²) in [6.07, 6.45) is 6.45. The summed E-state index contributed by atoms with van der Waals surface area (Å²) in [5.41, 5.74) is 2.64. The summed E-state index contributed by atoms with van der Waals surface area (Å²) >= 11 is 0. The summed E-state index contributed by atoms with van der Waals surface area (Å²) in [5.74, 6) is 0. The molecule has 1 aliphatic rings. The van der Waals surface area contributed by atoms with E-state index in [4.69, 9.17) is 0 Å². The van der Waals surface area contributed by atoms with Crippen molar-refractivity contribution in [2.45, 2.75) is 12.8 Å². The second-order valence-electron chi connectivity index (χ2n) is 2.93. The van der Waals surface area contributed by atoms with Gasteiger partial charge in [0.25, 0.3) is 0 Å². The third-order valence-corrected chi connectivity index (χ3v) is 2.06. The van der Waals surface area contributed by atoms with E-state index in [-0.39, 0.29) is 0 Å². The van der Waals surface area contributed by atoms with E-state index in [9.17, 15) is 0 Å². The van der Waals surface area contributed by atoms with Crippen LogP contribution in [0.25, 0.3) is 0 Å². The average Bonchev–Trinajstić information content (AvgIpc) is 2.21. The second-order valence-corrected chi connectivity index (χ2v) is 2.93. The highest BCUT2D eigenvalue weighted by atomic mass is 14.7. The van der Waals surface area contributed by atoms with E-state index in [0.29, 0.717) is 0 Å². The van der Waals surface area contributed by atoms with Gasteiger partial charge in [0, 0.05) is 12.0 Å². The summed E-state index contributed by atoms with van der Waals surface area (Å²) in [5, 5.41) is 0. The summed E-state index contributed by atoms with van der Waals surface area (Å²) in [7, 11) is 0. The molecule has 0 aliphatic carbocycles. The van der Waals surface area contributed by atoms with Gasteiger partial charge in [0.2, 0.25) is 0 Å². The Morgan fingerprint density at radius 2 is 1.92 bits per heavy atom. The molecule has 0 spiro atoms. The molecule has 0 amide bonds. The van der Waals surface area contributed by atoms with Crippen molar-refractivity contribution >= 4 is 5.71 Å². The Bertz CT molecular complexity index is 309. The number of benzene rings is 1. The number of nitrogens with one attached hydrogen (secondary N) is 1. The smallest absolute Gasteiger partial charge is 0.187 e. The number of allylic oxidation sites excluding steroid dienone is 1. The highest BCUT2D eigenvalue weighted by Crippen LogP contribution is 2.04. The minimum absolute atomic E-state index is 1.13. The summed E-state index contributed by atoms with van der Waals surface area (Å²) < 4.78 is 0. The van der Waals surface area contributed by atoms with Crippen LogP contribution in [0.2, 0.25) is 0 Å². The highest BCUT2D eigenvalue weighted by Gasteiger charge is 2.09. The lowest BCUT2D eigenvalue weighted by atomic mass is 10.0. The minimum Gasteiger partial charge on any atom is -0.215 e. The third kappa shape index (κ3) is 1.45. The van der Waals surface area contributed by atoms with Crippen molar-refractivity contribution in [1.82, 2.24) is 0 Å². The Morgan fingerprint density at radius 1 is 1.08 bits per heavy atom. The van der Waals surface area contributed by atoms with Gasteiger partial charge in [-0.05, 0) is 24.6 Å². The monoisotopic (exact) mass is 158 g/mol. The van der Waals surface area contributed by atoms with Gasteiger partial charge < -0.3 is 0 Å². The fourth-order valence-electron chi connectivity index (χ4n) is 1.41. The third-order valence-electron chi connectivity index (χ3n) is 2.06. The molecule has 0 bridgehead atoms. The molecule has 1 heteroatoms. The predicted molar refractivity (Wildman–Crippen MR) is 49.9 cm³/mol. The van der Waals surface area contributed by atoms with Crippen molar-refractivity contribution in [2.75, 3.05) is 0 Å². The van der Waals surface area contributed by atoms with Crippen LogP contribution in [0.15, 0.2) is 42.6 Å². The maximum absolute atomic E-state index is 3.27. The molecule has 1 N–H and O–H groups in total. The first-order valence-corrected chi connectivity index (χ1v) is 4.29.